The van der Waals surface area contributed by atoms with Gasteiger partial charge in [0.25, 0.3) is 5.91 Å². The number of carbonyl (C=O) groups excluding carboxylic acids is 2. The summed E-state index contributed by atoms with van der Waals surface area (Å²) in [5, 5.41) is 2.77. The second-order valence-electron chi connectivity index (χ2n) is 5.73. The molecule has 9 heteroatoms. The van der Waals surface area contributed by atoms with Gasteiger partial charge in [-0.15, -0.1) is 0 Å². The quantitative estimate of drug-likeness (QED) is 0.705. The van der Waals surface area contributed by atoms with E-state index in [4.69, 9.17) is 16.3 Å². The number of hydrogen-bond acceptors (Lipinski definition) is 5. The lowest BCUT2D eigenvalue weighted by molar-refractivity contribution is -0.124. The molecule has 0 unspecified atom stereocenters. The van der Waals surface area contributed by atoms with E-state index in [1.165, 1.54) is 26.2 Å². The molecule has 0 radical (unpaired) electrons. The van der Waals surface area contributed by atoms with Crippen LogP contribution in [0.15, 0.2) is 53.4 Å². The number of rotatable bonds is 7. The predicted molar refractivity (Wildman–Crippen MR) is 101 cm³/mol. The molecule has 1 N–H and O–H groups in total. The molecule has 0 atom stereocenters. The Hall–Kier alpha value is -2.42. The fraction of sp³-hybridized carbons (Fsp3) is 0.222. The molecule has 0 aliphatic carbocycles. The maximum Gasteiger partial charge on any atom is 0.340 e. The zero-order valence-electron chi connectivity index (χ0n) is 14.8. The average molecular weight is 411 g/mol. The van der Waals surface area contributed by atoms with Gasteiger partial charge in [-0.05, 0) is 23.8 Å². The van der Waals surface area contributed by atoms with Gasteiger partial charge in [0.05, 0.1) is 15.5 Å². The van der Waals surface area contributed by atoms with Gasteiger partial charge in [-0.2, -0.15) is 0 Å². The highest BCUT2D eigenvalue weighted by atomic mass is 35.5. The van der Waals surface area contributed by atoms with Gasteiger partial charge in [0, 0.05) is 20.6 Å². The normalized spacial score (nSPS) is 11.3. The second-order valence-corrected chi connectivity index (χ2v) is 8.26. The number of nitrogens with one attached hydrogen (secondary N) is 1. The number of carbonyl (C=O) groups is 2. The van der Waals surface area contributed by atoms with E-state index >= 15 is 0 Å². The predicted octanol–water partition coefficient (Wildman–Crippen LogP) is 2.06. The van der Waals surface area contributed by atoms with Crippen LogP contribution in [0, 0.1) is 0 Å². The number of sulfonamides is 1. The molecule has 7 nitrogen and oxygen atoms in total. The van der Waals surface area contributed by atoms with Crippen molar-refractivity contribution in [2.24, 2.45) is 0 Å². The van der Waals surface area contributed by atoms with E-state index in [2.05, 4.69) is 5.32 Å². The molecule has 0 heterocycles. The maximum absolute atomic E-state index is 12.3. The molecule has 0 aliphatic heterocycles. The van der Waals surface area contributed by atoms with Crippen LogP contribution < -0.4 is 5.32 Å². The Balaban J connectivity index is 1.97. The smallest absolute Gasteiger partial charge is 0.340 e. The fourth-order valence-corrected chi connectivity index (χ4v) is 3.51. The van der Waals surface area contributed by atoms with E-state index in [0.717, 1.165) is 4.31 Å². The fourth-order valence-electron chi connectivity index (χ4n) is 2.18. The van der Waals surface area contributed by atoms with Crippen LogP contribution in [0.3, 0.4) is 0 Å². The van der Waals surface area contributed by atoms with Crippen LogP contribution in [0.25, 0.3) is 0 Å². The molecule has 1 amide bonds. The molecule has 0 bridgehead atoms. The van der Waals surface area contributed by atoms with Crippen LogP contribution in [0.5, 0.6) is 0 Å². The van der Waals surface area contributed by atoms with Gasteiger partial charge in [0.2, 0.25) is 10.0 Å². The summed E-state index contributed by atoms with van der Waals surface area (Å²) in [6.45, 7) is -0.529. The Morgan fingerprint density at radius 1 is 1.07 bits per heavy atom. The summed E-state index contributed by atoms with van der Waals surface area (Å²) in [5.41, 5.74) is 0.589. The minimum atomic E-state index is -3.64. The Kier molecular flexibility index (Phi) is 6.95. The Morgan fingerprint density at radius 2 is 1.70 bits per heavy atom. The summed E-state index contributed by atoms with van der Waals surface area (Å²) in [6.07, 6.45) is 0. The van der Waals surface area contributed by atoms with Crippen LogP contribution in [0.2, 0.25) is 5.02 Å². The van der Waals surface area contributed by atoms with Gasteiger partial charge in [0.15, 0.2) is 6.61 Å². The van der Waals surface area contributed by atoms with E-state index in [0.29, 0.717) is 5.56 Å². The largest absolute Gasteiger partial charge is 0.452 e. The molecule has 2 rings (SSSR count). The molecule has 0 aliphatic rings. The summed E-state index contributed by atoms with van der Waals surface area (Å²) in [7, 11) is -0.781. The first kappa shape index (κ1) is 20.9. The van der Waals surface area contributed by atoms with E-state index in [1.54, 1.807) is 36.4 Å². The second kappa shape index (κ2) is 8.98. The zero-order valence-corrected chi connectivity index (χ0v) is 16.4. The van der Waals surface area contributed by atoms with Crippen molar-refractivity contribution in [3.63, 3.8) is 0 Å². The van der Waals surface area contributed by atoms with Crippen molar-refractivity contribution in [3.05, 3.63) is 64.7 Å². The third-order valence-electron chi connectivity index (χ3n) is 3.64. The third-order valence-corrected chi connectivity index (χ3v) is 5.88. The Morgan fingerprint density at radius 3 is 2.37 bits per heavy atom. The van der Waals surface area contributed by atoms with Gasteiger partial charge in [-0.25, -0.2) is 17.5 Å². The molecule has 0 spiro atoms. The van der Waals surface area contributed by atoms with Crippen LogP contribution >= 0.6 is 11.6 Å². The van der Waals surface area contributed by atoms with Crippen molar-refractivity contribution in [1.29, 1.82) is 0 Å². The highest BCUT2D eigenvalue weighted by Crippen LogP contribution is 2.18. The van der Waals surface area contributed by atoms with Crippen molar-refractivity contribution in [2.45, 2.75) is 11.4 Å². The lowest BCUT2D eigenvalue weighted by atomic mass is 10.2. The summed E-state index contributed by atoms with van der Waals surface area (Å²) in [5.74, 6) is -1.28. The van der Waals surface area contributed by atoms with E-state index in [-0.39, 0.29) is 22.0 Å². The van der Waals surface area contributed by atoms with Crippen molar-refractivity contribution in [2.75, 3.05) is 20.7 Å². The highest BCUT2D eigenvalue weighted by molar-refractivity contribution is 7.89. The van der Waals surface area contributed by atoms with Gasteiger partial charge >= 0.3 is 5.97 Å². The van der Waals surface area contributed by atoms with Crippen LogP contribution in [0.4, 0.5) is 0 Å². The third kappa shape index (κ3) is 5.29. The molecule has 2 aromatic carbocycles. The number of esters is 1. The van der Waals surface area contributed by atoms with Gasteiger partial charge in [-0.3, -0.25) is 4.79 Å². The lowest BCUT2D eigenvalue weighted by Gasteiger charge is -2.15. The number of amides is 1. The van der Waals surface area contributed by atoms with Crippen molar-refractivity contribution in [1.82, 2.24) is 9.62 Å². The van der Waals surface area contributed by atoms with Crippen LogP contribution in [-0.2, 0) is 26.1 Å². The molecule has 0 saturated carbocycles. The molecule has 0 saturated heterocycles. The van der Waals surface area contributed by atoms with E-state index in [1.807, 2.05) is 0 Å². The van der Waals surface area contributed by atoms with Gasteiger partial charge in [-0.1, -0.05) is 41.9 Å². The number of benzene rings is 2. The van der Waals surface area contributed by atoms with E-state index in [9.17, 15) is 18.0 Å². The summed E-state index contributed by atoms with van der Waals surface area (Å²) >= 11 is 5.90. The van der Waals surface area contributed by atoms with Gasteiger partial charge < -0.3 is 10.1 Å². The zero-order chi connectivity index (χ0) is 20.0. The maximum atomic E-state index is 12.3. The standard InChI is InChI=1S/C18H19ClN2O5S/c1-21(2)27(24,25)16-10-6-3-7-13(16)11-20-17(22)12-26-18(23)14-8-4-5-9-15(14)19/h3-10H,11-12H2,1-2H3,(H,20,22). The molecule has 144 valence electrons. The first-order valence-electron chi connectivity index (χ1n) is 7.92. The van der Waals surface area contributed by atoms with Crippen molar-refractivity contribution >= 4 is 33.5 Å². The number of nitrogens with zero attached hydrogens (tertiary/aromatic N) is 1. The number of hydrogen-bond donors (Lipinski definition) is 1. The summed E-state index contributed by atoms with van der Waals surface area (Å²) in [4.78, 5) is 24.0. The number of halogens is 1. The minimum absolute atomic E-state index is 0.0221. The Labute approximate surface area is 162 Å². The number of ether oxygens (including phenoxy) is 1. The lowest BCUT2D eigenvalue weighted by Crippen LogP contribution is -2.30. The monoisotopic (exact) mass is 410 g/mol. The van der Waals surface area contributed by atoms with Crippen LogP contribution in [-0.4, -0.2) is 45.3 Å². The SMILES string of the molecule is CN(C)S(=O)(=O)c1ccccc1CNC(=O)COC(=O)c1ccccc1Cl. The molecule has 2 aromatic rings. The minimum Gasteiger partial charge on any atom is -0.452 e. The first-order chi connectivity index (χ1) is 12.7. The van der Waals surface area contributed by atoms with Crippen molar-refractivity contribution in [3.8, 4) is 0 Å². The van der Waals surface area contributed by atoms with Gasteiger partial charge in [0.1, 0.15) is 0 Å². The summed E-state index contributed by atoms with van der Waals surface area (Å²) < 4.78 is 30.7. The highest BCUT2D eigenvalue weighted by Gasteiger charge is 2.21. The van der Waals surface area contributed by atoms with Crippen molar-refractivity contribution < 1.29 is 22.7 Å². The molecular weight excluding hydrogens is 392 g/mol. The van der Waals surface area contributed by atoms with E-state index < -0.39 is 28.5 Å². The average Bonchev–Trinajstić information content (AvgIpc) is 2.64. The summed E-state index contributed by atoms with van der Waals surface area (Å²) in [6, 6.07) is 12.7. The first-order valence-corrected chi connectivity index (χ1v) is 9.74. The molecule has 0 aromatic heterocycles. The molecular formula is C18H19ClN2O5S. The molecule has 27 heavy (non-hydrogen) atoms. The molecule has 0 fully saturated rings. The topological polar surface area (TPSA) is 92.8 Å². The van der Waals surface area contributed by atoms with Crippen LogP contribution in [0.1, 0.15) is 15.9 Å². The Bertz CT molecular complexity index is 944.